The molecule has 1 saturated heterocycles. The molecular weight excluding hydrogens is 342 g/mol. The Balaban J connectivity index is 1.72. The van der Waals surface area contributed by atoms with E-state index in [1.54, 1.807) is 7.05 Å². The molecule has 1 saturated carbocycles. The van der Waals surface area contributed by atoms with Gasteiger partial charge in [-0.2, -0.15) is 5.26 Å². The molecule has 1 aromatic heterocycles. The summed E-state index contributed by atoms with van der Waals surface area (Å²) in [6.45, 7) is 2.93. The first-order valence-electron chi connectivity index (χ1n) is 9.73. The van der Waals surface area contributed by atoms with Crippen molar-refractivity contribution in [2.75, 3.05) is 20.1 Å². The van der Waals surface area contributed by atoms with E-state index in [0.29, 0.717) is 5.69 Å². The molecule has 1 aromatic rings. The summed E-state index contributed by atoms with van der Waals surface area (Å²) in [5.74, 6) is 0.0586. The Labute approximate surface area is 160 Å². The second kappa shape index (κ2) is 7.73. The van der Waals surface area contributed by atoms with Gasteiger partial charge >= 0.3 is 0 Å². The summed E-state index contributed by atoms with van der Waals surface area (Å²) in [7, 11) is 3.52. The zero-order valence-electron chi connectivity index (χ0n) is 16.4. The van der Waals surface area contributed by atoms with Crippen LogP contribution in [-0.2, 0) is 11.8 Å². The Morgan fingerprint density at radius 1 is 1.30 bits per heavy atom. The second-order valence-electron chi connectivity index (χ2n) is 7.90. The summed E-state index contributed by atoms with van der Waals surface area (Å²) >= 11 is 0. The average Bonchev–Trinajstić information content (AvgIpc) is 3.45. The fourth-order valence-corrected chi connectivity index (χ4v) is 4.13. The number of nitrogens with one attached hydrogen (secondary N) is 2. The van der Waals surface area contributed by atoms with Crippen molar-refractivity contribution in [1.29, 1.82) is 5.26 Å². The summed E-state index contributed by atoms with van der Waals surface area (Å²) in [5.41, 5.74) is 0.902. The number of rotatable bonds is 6. The Morgan fingerprint density at radius 3 is 2.67 bits per heavy atom. The van der Waals surface area contributed by atoms with Gasteiger partial charge in [0.1, 0.15) is 11.2 Å². The molecule has 3 rings (SSSR count). The van der Waals surface area contributed by atoms with Gasteiger partial charge in [0.05, 0.1) is 18.7 Å². The zero-order chi connectivity index (χ0) is 19.6. The zero-order valence-corrected chi connectivity index (χ0v) is 16.4. The first kappa shape index (κ1) is 19.4. The first-order chi connectivity index (χ1) is 12.9. The smallest absolute Gasteiger partial charge is 0.267 e. The van der Waals surface area contributed by atoms with E-state index in [1.165, 1.54) is 0 Å². The van der Waals surface area contributed by atoms with Gasteiger partial charge in [0.2, 0.25) is 5.91 Å². The number of carbonyl (C=O) groups excluding carboxylic acids is 2. The van der Waals surface area contributed by atoms with Gasteiger partial charge in [0.15, 0.2) is 0 Å². The quantitative estimate of drug-likeness (QED) is 0.797. The number of amides is 2. The largest absolute Gasteiger partial charge is 0.354 e. The summed E-state index contributed by atoms with van der Waals surface area (Å²) < 4.78 is 1.92. The average molecular weight is 371 g/mol. The molecule has 27 heavy (non-hydrogen) atoms. The number of carbonyl (C=O) groups is 2. The number of aromatic nitrogens is 1. The van der Waals surface area contributed by atoms with E-state index in [2.05, 4.69) is 21.6 Å². The van der Waals surface area contributed by atoms with E-state index in [0.717, 1.165) is 44.3 Å². The van der Waals surface area contributed by atoms with Gasteiger partial charge < -0.3 is 15.2 Å². The van der Waals surface area contributed by atoms with Crippen molar-refractivity contribution in [1.82, 2.24) is 20.1 Å². The predicted octanol–water partition coefficient (Wildman–Crippen LogP) is 1.72. The fourth-order valence-electron chi connectivity index (χ4n) is 4.13. The lowest BCUT2D eigenvalue weighted by Crippen LogP contribution is -2.51. The van der Waals surface area contributed by atoms with Crippen LogP contribution in [0.15, 0.2) is 12.1 Å². The van der Waals surface area contributed by atoms with Crippen molar-refractivity contribution < 1.29 is 9.59 Å². The van der Waals surface area contributed by atoms with Crippen molar-refractivity contribution in [2.45, 2.75) is 50.6 Å². The van der Waals surface area contributed by atoms with Gasteiger partial charge in [-0.3, -0.25) is 14.5 Å². The Kier molecular flexibility index (Phi) is 5.56. The van der Waals surface area contributed by atoms with Crippen LogP contribution in [0, 0.1) is 17.2 Å². The number of hydrogen-bond acceptors (Lipinski definition) is 4. The third-order valence-corrected chi connectivity index (χ3v) is 5.95. The molecule has 0 bridgehead atoms. The maximum absolute atomic E-state index is 12.7. The van der Waals surface area contributed by atoms with Gasteiger partial charge in [-0.25, -0.2) is 0 Å². The fraction of sp³-hybridized carbons (Fsp3) is 0.650. The van der Waals surface area contributed by atoms with Gasteiger partial charge in [0, 0.05) is 19.8 Å². The topological polar surface area (TPSA) is 90.2 Å². The molecule has 2 atom stereocenters. The lowest BCUT2D eigenvalue weighted by atomic mass is 9.97. The van der Waals surface area contributed by atoms with Crippen LogP contribution in [-0.4, -0.2) is 47.0 Å². The molecule has 7 heteroatoms. The predicted molar refractivity (Wildman–Crippen MR) is 102 cm³/mol. The molecular formula is C20H29N5O2. The number of likely N-dealkylation sites (tertiary alicyclic amines) is 1. The standard InChI is InChI=1S/C20H29N5O2/c1-20(13-21,14-7-8-14)23-18(26)12-25-11-5-4-6-16(25)15-9-10-17(24(15)3)19(27)22-2/h9-10,14,16H,4-8,11-12H2,1-3H3,(H,22,27)(H,23,26)/t16-,20-/m1/s1. The van der Waals surface area contributed by atoms with Crippen LogP contribution in [0.4, 0.5) is 0 Å². The molecule has 0 spiro atoms. The first-order valence-corrected chi connectivity index (χ1v) is 9.73. The molecule has 146 valence electrons. The molecule has 0 aromatic carbocycles. The summed E-state index contributed by atoms with van der Waals surface area (Å²) in [6, 6.07) is 6.20. The van der Waals surface area contributed by atoms with Crippen LogP contribution in [0.5, 0.6) is 0 Å². The Morgan fingerprint density at radius 2 is 2.04 bits per heavy atom. The van der Waals surface area contributed by atoms with Crippen LogP contribution in [0.2, 0.25) is 0 Å². The lowest BCUT2D eigenvalue weighted by Gasteiger charge is -2.36. The van der Waals surface area contributed by atoms with Crippen molar-refractivity contribution in [3.05, 3.63) is 23.5 Å². The minimum Gasteiger partial charge on any atom is -0.354 e. The Bertz CT molecular complexity index is 761. The molecule has 2 heterocycles. The summed E-state index contributed by atoms with van der Waals surface area (Å²) in [5, 5.41) is 15.1. The van der Waals surface area contributed by atoms with Gasteiger partial charge in [-0.1, -0.05) is 6.42 Å². The third-order valence-electron chi connectivity index (χ3n) is 5.95. The minimum absolute atomic E-state index is 0.0985. The maximum atomic E-state index is 12.7. The van der Waals surface area contributed by atoms with E-state index < -0.39 is 5.54 Å². The van der Waals surface area contributed by atoms with Gasteiger partial charge in [-0.05, 0) is 57.2 Å². The van der Waals surface area contributed by atoms with E-state index in [9.17, 15) is 14.9 Å². The van der Waals surface area contributed by atoms with Gasteiger partial charge in [0.25, 0.3) is 5.91 Å². The third kappa shape index (κ3) is 4.01. The van der Waals surface area contributed by atoms with Crippen LogP contribution >= 0.6 is 0 Å². The lowest BCUT2D eigenvalue weighted by molar-refractivity contribution is -0.124. The van der Waals surface area contributed by atoms with Crippen LogP contribution in [0.25, 0.3) is 0 Å². The van der Waals surface area contributed by atoms with Crippen molar-refractivity contribution in [2.24, 2.45) is 13.0 Å². The van der Waals surface area contributed by atoms with E-state index in [4.69, 9.17) is 0 Å². The van der Waals surface area contributed by atoms with Crippen molar-refractivity contribution >= 4 is 11.8 Å². The minimum atomic E-state index is -0.764. The number of hydrogen-bond donors (Lipinski definition) is 2. The molecule has 7 nitrogen and oxygen atoms in total. The normalized spacial score (nSPS) is 22.5. The maximum Gasteiger partial charge on any atom is 0.267 e. The van der Waals surface area contributed by atoms with Crippen LogP contribution in [0.3, 0.4) is 0 Å². The van der Waals surface area contributed by atoms with Gasteiger partial charge in [-0.15, -0.1) is 0 Å². The molecule has 1 aliphatic carbocycles. The monoisotopic (exact) mass is 371 g/mol. The second-order valence-corrected chi connectivity index (χ2v) is 7.90. The molecule has 1 aliphatic heterocycles. The molecule has 2 fully saturated rings. The molecule has 0 unspecified atom stereocenters. The van der Waals surface area contributed by atoms with E-state index >= 15 is 0 Å². The number of piperidine rings is 1. The highest BCUT2D eigenvalue weighted by Gasteiger charge is 2.43. The summed E-state index contributed by atoms with van der Waals surface area (Å²) in [4.78, 5) is 26.8. The molecule has 2 amide bonds. The highest BCUT2D eigenvalue weighted by Crippen LogP contribution is 2.39. The van der Waals surface area contributed by atoms with Crippen LogP contribution < -0.4 is 10.6 Å². The number of nitrogens with zero attached hydrogens (tertiary/aromatic N) is 3. The Hall–Kier alpha value is -2.33. The van der Waals surface area contributed by atoms with Crippen LogP contribution in [0.1, 0.15) is 61.3 Å². The summed E-state index contributed by atoms with van der Waals surface area (Å²) in [6.07, 6.45) is 5.11. The molecule has 2 aliphatic rings. The van der Waals surface area contributed by atoms with E-state index in [-0.39, 0.29) is 30.3 Å². The van der Waals surface area contributed by atoms with E-state index in [1.807, 2.05) is 30.7 Å². The highest BCUT2D eigenvalue weighted by atomic mass is 16.2. The van der Waals surface area contributed by atoms with Crippen molar-refractivity contribution in [3.8, 4) is 6.07 Å². The highest BCUT2D eigenvalue weighted by molar-refractivity contribution is 5.92. The number of nitriles is 1. The molecule has 2 N–H and O–H groups in total. The molecule has 0 radical (unpaired) electrons. The SMILES string of the molecule is CNC(=O)c1ccc([C@H]2CCCCN2CC(=O)N[C@](C)(C#N)C2CC2)n1C. The van der Waals surface area contributed by atoms with Crippen molar-refractivity contribution in [3.63, 3.8) is 0 Å².